The minimum absolute atomic E-state index is 0. The second kappa shape index (κ2) is 9.47. The van der Waals surface area contributed by atoms with Gasteiger partial charge in [-0.25, -0.2) is 9.97 Å². The van der Waals surface area contributed by atoms with Crippen LogP contribution in [0.25, 0.3) is 22.5 Å². The Kier molecular flexibility index (Phi) is 6.23. The summed E-state index contributed by atoms with van der Waals surface area (Å²) in [4.78, 5) is 33.2. The average Bonchev–Trinajstić information content (AvgIpc) is 3.64. The van der Waals surface area contributed by atoms with Crippen molar-refractivity contribution in [2.24, 2.45) is 0 Å². The number of nitrogen functional groups attached to an aromatic ring is 1. The number of pyridine rings is 3. The summed E-state index contributed by atoms with van der Waals surface area (Å²) in [6.07, 6.45) is 5.40. The van der Waals surface area contributed by atoms with Crippen molar-refractivity contribution in [2.45, 2.75) is 18.8 Å². The van der Waals surface area contributed by atoms with Gasteiger partial charge in [-0.05, 0) is 37.1 Å². The summed E-state index contributed by atoms with van der Waals surface area (Å²) in [7, 11) is 0. The molecule has 0 aromatic carbocycles. The molecular formula is C24H24ClN7O3. The van der Waals surface area contributed by atoms with Crippen LogP contribution < -0.4 is 16.0 Å². The predicted octanol–water partition coefficient (Wildman–Crippen LogP) is 3.65. The van der Waals surface area contributed by atoms with Gasteiger partial charge in [-0.2, -0.15) is 4.98 Å². The molecule has 3 N–H and O–H groups in total. The summed E-state index contributed by atoms with van der Waals surface area (Å²) in [5.74, 6) is -0.0466. The van der Waals surface area contributed by atoms with Crippen molar-refractivity contribution in [3.63, 3.8) is 0 Å². The zero-order valence-electron chi connectivity index (χ0n) is 18.8. The number of halogens is 1. The van der Waals surface area contributed by atoms with E-state index in [2.05, 4.69) is 20.3 Å². The SMILES string of the molecule is Cl.Nc1ccc(C(=O)Nc2cc3oc(N4CCOCC4)nc3nc2C2CC2)nc1-c1cccnc1. The number of nitrogens with two attached hydrogens (primary N) is 1. The molecule has 1 amide bonds. The molecule has 10 nitrogen and oxygen atoms in total. The van der Waals surface area contributed by atoms with Crippen molar-refractivity contribution in [1.29, 1.82) is 0 Å². The fourth-order valence-corrected chi connectivity index (χ4v) is 4.04. The monoisotopic (exact) mass is 493 g/mol. The highest BCUT2D eigenvalue weighted by Crippen LogP contribution is 2.43. The van der Waals surface area contributed by atoms with Crippen LogP contribution in [0.2, 0.25) is 0 Å². The predicted molar refractivity (Wildman–Crippen MR) is 134 cm³/mol. The van der Waals surface area contributed by atoms with Gasteiger partial charge in [-0.15, -0.1) is 12.4 Å². The number of anilines is 3. The van der Waals surface area contributed by atoms with Crippen LogP contribution in [0.4, 0.5) is 17.4 Å². The molecule has 11 heteroatoms. The molecule has 1 saturated carbocycles. The van der Waals surface area contributed by atoms with Crippen molar-refractivity contribution in [3.8, 4) is 11.3 Å². The van der Waals surface area contributed by atoms with Crippen molar-refractivity contribution >= 4 is 46.9 Å². The molecule has 4 aromatic rings. The summed E-state index contributed by atoms with van der Waals surface area (Å²) < 4.78 is 11.4. The zero-order chi connectivity index (χ0) is 23.1. The fraction of sp³-hybridized carbons (Fsp3) is 0.292. The van der Waals surface area contributed by atoms with Crippen LogP contribution in [0.15, 0.2) is 47.1 Å². The normalized spacial score (nSPS) is 15.6. The van der Waals surface area contributed by atoms with Crippen molar-refractivity contribution < 1.29 is 13.9 Å². The number of fused-ring (bicyclic) bond motifs is 1. The van der Waals surface area contributed by atoms with Crippen LogP contribution in [-0.2, 0) is 4.74 Å². The molecule has 1 aliphatic carbocycles. The van der Waals surface area contributed by atoms with Crippen LogP contribution in [0, 0.1) is 0 Å². The number of amides is 1. The first-order chi connectivity index (χ1) is 16.7. The quantitative estimate of drug-likeness (QED) is 0.427. The third-order valence-corrected chi connectivity index (χ3v) is 5.99. The van der Waals surface area contributed by atoms with Gasteiger partial charge in [0, 0.05) is 43.0 Å². The number of morpholine rings is 1. The number of hydrogen-bond acceptors (Lipinski definition) is 9. The van der Waals surface area contributed by atoms with Gasteiger partial charge in [-0.1, -0.05) is 0 Å². The summed E-state index contributed by atoms with van der Waals surface area (Å²) in [6.45, 7) is 2.70. The molecule has 1 aliphatic heterocycles. The minimum atomic E-state index is -0.346. The van der Waals surface area contributed by atoms with E-state index in [0.29, 0.717) is 66.5 Å². The largest absolute Gasteiger partial charge is 0.422 e. The first-order valence-corrected chi connectivity index (χ1v) is 11.3. The summed E-state index contributed by atoms with van der Waals surface area (Å²) >= 11 is 0. The maximum Gasteiger partial charge on any atom is 0.300 e. The van der Waals surface area contributed by atoms with Gasteiger partial charge in [0.1, 0.15) is 5.69 Å². The van der Waals surface area contributed by atoms with Gasteiger partial charge in [0.15, 0.2) is 5.58 Å². The summed E-state index contributed by atoms with van der Waals surface area (Å²) in [5.41, 5.74) is 10.6. The van der Waals surface area contributed by atoms with Crippen LogP contribution in [0.3, 0.4) is 0 Å². The van der Waals surface area contributed by atoms with Crippen LogP contribution in [0.5, 0.6) is 0 Å². The number of carbonyl (C=O) groups excluding carboxylic acids is 1. The standard InChI is InChI=1S/C24H23N7O3.ClH/c25-16-5-6-17(27-20(16)15-2-1-7-26-13-15)23(32)28-18-12-19-22(29-21(18)14-3-4-14)30-24(34-19)31-8-10-33-11-9-31;/h1-2,5-7,12-14H,3-4,8-11,25H2,(H,28,32);1H. The van der Waals surface area contributed by atoms with E-state index in [4.69, 9.17) is 19.9 Å². The minimum Gasteiger partial charge on any atom is -0.422 e. The molecule has 0 atom stereocenters. The van der Waals surface area contributed by atoms with Gasteiger partial charge in [-0.3, -0.25) is 9.78 Å². The molecule has 0 radical (unpaired) electrons. The van der Waals surface area contributed by atoms with Gasteiger partial charge in [0.2, 0.25) is 5.65 Å². The molecule has 0 bridgehead atoms. The highest BCUT2D eigenvalue weighted by Gasteiger charge is 2.30. The van der Waals surface area contributed by atoms with Gasteiger partial charge in [0.05, 0.1) is 36.0 Å². The molecule has 2 fully saturated rings. The number of ether oxygens (including phenoxy) is 1. The Bertz CT molecular complexity index is 1370. The highest BCUT2D eigenvalue weighted by atomic mass is 35.5. The van der Waals surface area contributed by atoms with E-state index in [1.807, 2.05) is 17.0 Å². The second-order valence-corrected chi connectivity index (χ2v) is 8.44. The first kappa shape index (κ1) is 23.0. The fourth-order valence-electron chi connectivity index (χ4n) is 4.04. The van der Waals surface area contributed by atoms with Crippen LogP contribution >= 0.6 is 12.4 Å². The molecule has 4 aromatic heterocycles. The lowest BCUT2D eigenvalue weighted by Crippen LogP contribution is -2.36. The molecular weight excluding hydrogens is 470 g/mol. The maximum atomic E-state index is 13.2. The maximum absolute atomic E-state index is 13.2. The average molecular weight is 494 g/mol. The van der Waals surface area contributed by atoms with Gasteiger partial charge < -0.3 is 25.1 Å². The third-order valence-electron chi connectivity index (χ3n) is 5.99. The third kappa shape index (κ3) is 4.62. The van der Waals surface area contributed by atoms with Crippen LogP contribution in [-0.4, -0.2) is 52.1 Å². The molecule has 5 heterocycles. The van der Waals surface area contributed by atoms with E-state index in [9.17, 15) is 4.79 Å². The number of oxazole rings is 1. The van der Waals surface area contributed by atoms with E-state index in [1.165, 1.54) is 0 Å². The van der Waals surface area contributed by atoms with E-state index < -0.39 is 0 Å². The Morgan fingerprint density at radius 2 is 1.94 bits per heavy atom. The highest BCUT2D eigenvalue weighted by molar-refractivity contribution is 6.04. The Morgan fingerprint density at radius 1 is 1.11 bits per heavy atom. The Balaban J connectivity index is 0.00000253. The van der Waals surface area contributed by atoms with Crippen molar-refractivity contribution in [2.75, 3.05) is 42.3 Å². The molecule has 0 unspecified atom stereocenters. The number of carbonyl (C=O) groups is 1. The van der Waals surface area contributed by atoms with E-state index in [1.54, 1.807) is 30.6 Å². The first-order valence-electron chi connectivity index (χ1n) is 11.3. The summed E-state index contributed by atoms with van der Waals surface area (Å²) in [6, 6.07) is 9.28. The van der Waals surface area contributed by atoms with E-state index >= 15 is 0 Å². The van der Waals surface area contributed by atoms with Crippen molar-refractivity contribution in [3.05, 3.63) is 54.1 Å². The molecule has 180 valence electrons. The second-order valence-electron chi connectivity index (χ2n) is 8.44. The number of nitrogens with one attached hydrogen (secondary N) is 1. The number of rotatable bonds is 5. The molecule has 6 rings (SSSR count). The number of aromatic nitrogens is 4. The molecule has 35 heavy (non-hydrogen) atoms. The van der Waals surface area contributed by atoms with Gasteiger partial charge >= 0.3 is 0 Å². The lowest BCUT2D eigenvalue weighted by atomic mass is 10.1. The topological polar surface area (TPSA) is 132 Å². The van der Waals surface area contributed by atoms with E-state index in [-0.39, 0.29) is 24.0 Å². The van der Waals surface area contributed by atoms with E-state index in [0.717, 1.165) is 24.1 Å². The van der Waals surface area contributed by atoms with Gasteiger partial charge in [0.25, 0.3) is 11.9 Å². The smallest absolute Gasteiger partial charge is 0.300 e. The van der Waals surface area contributed by atoms with Crippen LogP contribution in [0.1, 0.15) is 34.9 Å². The Morgan fingerprint density at radius 3 is 2.69 bits per heavy atom. The zero-order valence-corrected chi connectivity index (χ0v) is 19.6. The molecule has 0 spiro atoms. The van der Waals surface area contributed by atoms with Crippen molar-refractivity contribution in [1.82, 2.24) is 19.9 Å². The Labute approximate surface area is 207 Å². The Hall–Kier alpha value is -3.76. The molecule has 2 aliphatic rings. The summed E-state index contributed by atoms with van der Waals surface area (Å²) in [5, 5.41) is 2.99. The lowest BCUT2D eigenvalue weighted by Gasteiger charge is -2.24. The molecule has 1 saturated heterocycles. The number of nitrogens with zero attached hydrogens (tertiary/aromatic N) is 5. The number of hydrogen-bond donors (Lipinski definition) is 2. The lowest BCUT2D eigenvalue weighted by molar-refractivity contribution is 0.102.